The zero-order valence-electron chi connectivity index (χ0n) is 14.0. The number of ether oxygens (including phenoxy) is 2. The van der Waals surface area contributed by atoms with Crippen molar-refractivity contribution in [2.45, 2.75) is 43.7 Å². The Morgan fingerprint density at radius 3 is 2.60 bits per heavy atom. The van der Waals surface area contributed by atoms with E-state index in [9.17, 15) is 4.79 Å². The van der Waals surface area contributed by atoms with Crippen molar-refractivity contribution in [2.24, 2.45) is 0 Å². The number of nitrogens with zero attached hydrogens (tertiary/aromatic N) is 2. The molecule has 1 aromatic heterocycles. The van der Waals surface area contributed by atoms with E-state index in [1.165, 1.54) is 6.33 Å². The Morgan fingerprint density at radius 1 is 1.24 bits per heavy atom. The number of benzene rings is 1. The largest absolute Gasteiger partial charge is 0.490 e. The number of rotatable bonds is 5. The lowest BCUT2D eigenvalue weighted by Gasteiger charge is -2.40. The third-order valence-electron chi connectivity index (χ3n) is 5.02. The molecular weight excluding hydrogens is 320 g/mol. The van der Waals surface area contributed by atoms with Gasteiger partial charge in [-0.2, -0.15) is 5.10 Å². The Morgan fingerprint density at radius 2 is 2.00 bits per heavy atom. The van der Waals surface area contributed by atoms with E-state index in [-0.39, 0.29) is 12.0 Å². The molecule has 1 amide bonds. The van der Waals surface area contributed by atoms with Crippen LogP contribution in [0.1, 0.15) is 48.3 Å². The summed E-state index contributed by atoms with van der Waals surface area (Å²) in [5, 5.41) is 9.91. The second kappa shape index (κ2) is 6.84. The first kappa shape index (κ1) is 16.1. The summed E-state index contributed by atoms with van der Waals surface area (Å²) < 4.78 is 11.3. The van der Waals surface area contributed by atoms with Crippen LogP contribution in [-0.4, -0.2) is 40.4 Å². The fourth-order valence-electron chi connectivity index (χ4n) is 3.35. The monoisotopic (exact) mass is 342 g/mol. The summed E-state index contributed by atoms with van der Waals surface area (Å²) >= 11 is 0. The molecule has 0 unspecified atom stereocenters. The summed E-state index contributed by atoms with van der Waals surface area (Å²) in [6, 6.07) is 7.31. The Kier molecular flexibility index (Phi) is 4.40. The van der Waals surface area contributed by atoms with E-state index in [0.717, 1.165) is 56.9 Å². The molecule has 2 aromatic rings. The number of H-pyrrole nitrogens is 1. The lowest BCUT2D eigenvalue weighted by Crippen LogP contribution is -2.51. The minimum Gasteiger partial charge on any atom is -0.490 e. The summed E-state index contributed by atoms with van der Waals surface area (Å²) in [7, 11) is 0. The zero-order chi connectivity index (χ0) is 17.1. The minimum atomic E-state index is -0.412. The Labute approximate surface area is 146 Å². The first-order chi connectivity index (χ1) is 12.3. The lowest BCUT2D eigenvalue weighted by molar-refractivity contribution is 0.0256. The molecule has 0 radical (unpaired) electrons. The van der Waals surface area contributed by atoms with Crippen LogP contribution >= 0.6 is 0 Å². The van der Waals surface area contributed by atoms with Gasteiger partial charge in [-0.05, 0) is 43.5 Å². The lowest BCUT2D eigenvalue weighted by atomic mass is 9.76. The van der Waals surface area contributed by atoms with Gasteiger partial charge >= 0.3 is 0 Å². The molecule has 2 heterocycles. The van der Waals surface area contributed by atoms with Gasteiger partial charge < -0.3 is 14.8 Å². The summed E-state index contributed by atoms with van der Waals surface area (Å²) in [5.41, 5.74) is 0.204. The predicted octanol–water partition coefficient (Wildman–Crippen LogP) is 2.17. The van der Waals surface area contributed by atoms with Crippen molar-refractivity contribution in [3.8, 4) is 5.75 Å². The van der Waals surface area contributed by atoms with Crippen molar-refractivity contribution < 1.29 is 14.3 Å². The number of aromatic amines is 1. The second-order valence-corrected chi connectivity index (χ2v) is 6.68. The van der Waals surface area contributed by atoms with Crippen LogP contribution in [0.2, 0.25) is 0 Å². The first-order valence-corrected chi connectivity index (χ1v) is 8.78. The van der Waals surface area contributed by atoms with Gasteiger partial charge in [0.2, 0.25) is 0 Å². The van der Waals surface area contributed by atoms with Gasteiger partial charge in [-0.3, -0.25) is 9.89 Å². The second-order valence-electron chi connectivity index (χ2n) is 6.68. The molecule has 4 rings (SSSR count). The molecule has 1 aliphatic heterocycles. The van der Waals surface area contributed by atoms with Gasteiger partial charge in [-0.1, -0.05) is 0 Å². The molecule has 0 spiro atoms. The summed E-state index contributed by atoms with van der Waals surface area (Å²) in [6.45, 7) is 1.49. The number of aromatic nitrogens is 3. The molecule has 0 bridgehead atoms. The van der Waals surface area contributed by atoms with E-state index in [2.05, 4.69) is 20.5 Å². The van der Waals surface area contributed by atoms with Crippen LogP contribution in [0.25, 0.3) is 0 Å². The molecule has 1 aromatic carbocycles. The molecular formula is C18H22N4O3. The van der Waals surface area contributed by atoms with E-state index >= 15 is 0 Å². The molecule has 1 saturated carbocycles. The maximum Gasteiger partial charge on any atom is 0.252 e. The van der Waals surface area contributed by atoms with Crippen molar-refractivity contribution in [3.63, 3.8) is 0 Å². The highest BCUT2D eigenvalue weighted by Crippen LogP contribution is 2.39. The predicted molar refractivity (Wildman–Crippen MR) is 90.3 cm³/mol. The van der Waals surface area contributed by atoms with Crippen LogP contribution in [0.3, 0.4) is 0 Å². The molecule has 2 N–H and O–H groups in total. The van der Waals surface area contributed by atoms with Crippen LogP contribution < -0.4 is 10.1 Å². The standard InChI is InChI=1S/C18H22N4O3/c23-16(21-18(8-1-9-18)17-19-12-20-22-17)13-2-4-14(5-3-13)25-15-6-10-24-11-7-15/h2-5,12,15H,1,6-11H2,(H,21,23)(H,19,20,22). The normalized spacial score (nSPS) is 19.8. The zero-order valence-corrected chi connectivity index (χ0v) is 14.0. The van der Waals surface area contributed by atoms with E-state index < -0.39 is 5.54 Å². The third kappa shape index (κ3) is 3.37. The van der Waals surface area contributed by atoms with Crippen molar-refractivity contribution >= 4 is 5.91 Å². The Bertz CT molecular complexity index is 704. The average molecular weight is 342 g/mol. The van der Waals surface area contributed by atoms with Gasteiger partial charge in [0.05, 0.1) is 18.8 Å². The molecule has 7 heteroatoms. The van der Waals surface area contributed by atoms with E-state index in [0.29, 0.717) is 5.56 Å². The van der Waals surface area contributed by atoms with E-state index in [4.69, 9.17) is 9.47 Å². The highest BCUT2D eigenvalue weighted by molar-refractivity contribution is 5.94. The Hall–Kier alpha value is -2.41. The van der Waals surface area contributed by atoms with Gasteiger partial charge in [0.1, 0.15) is 24.0 Å². The van der Waals surface area contributed by atoms with Crippen molar-refractivity contribution in [1.29, 1.82) is 0 Å². The summed E-state index contributed by atoms with van der Waals surface area (Å²) in [4.78, 5) is 16.8. The number of nitrogens with one attached hydrogen (secondary N) is 2. The van der Waals surface area contributed by atoms with Crippen LogP contribution in [0.5, 0.6) is 5.75 Å². The topological polar surface area (TPSA) is 89.1 Å². The van der Waals surface area contributed by atoms with Crippen molar-refractivity contribution in [2.75, 3.05) is 13.2 Å². The van der Waals surface area contributed by atoms with Gasteiger partial charge in [0.15, 0.2) is 0 Å². The number of carbonyl (C=O) groups is 1. The molecule has 2 aliphatic rings. The van der Waals surface area contributed by atoms with Crippen LogP contribution in [-0.2, 0) is 10.3 Å². The fourth-order valence-corrected chi connectivity index (χ4v) is 3.35. The maximum absolute atomic E-state index is 12.6. The van der Waals surface area contributed by atoms with Crippen LogP contribution in [0.15, 0.2) is 30.6 Å². The maximum atomic E-state index is 12.6. The van der Waals surface area contributed by atoms with Gasteiger partial charge in [-0.15, -0.1) is 0 Å². The molecule has 25 heavy (non-hydrogen) atoms. The van der Waals surface area contributed by atoms with E-state index in [1.54, 1.807) is 12.1 Å². The summed E-state index contributed by atoms with van der Waals surface area (Å²) in [5.74, 6) is 1.41. The molecule has 1 aliphatic carbocycles. The molecule has 7 nitrogen and oxygen atoms in total. The van der Waals surface area contributed by atoms with Crippen LogP contribution in [0, 0.1) is 0 Å². The summed E-state index contributed by atoms with van der Waals surface area (Å²) in [6.07, 6.45) is 6.29. The minimum absolute atomic E-state index is 0.103. The number of hydrogen-bond donors (Lipinski definition) is 2. The number of carbonyl (C=O) groups excluding carboxylic acids is 1. The molecule has 132 valence electrons. The average Bonchev–Trinajstić information content (AvgIpc) is 3.14. The van der Waals surface area contributed by atoms with Crippen molar-refractivity contribution in [3.05, 3.63) is 42.0 Å². The van der Waals surface area contributed by atoms with Crippen LogP contribution in [0.4, 0.5) is 0 Å². The Balaban J connectivity index is 1.40. The molecule has 0 atom stereocenters. The van der Waals surface area contributed by atoms with Gasteiger partial charge in [0, 0.05) is 18.4 Å². The third-order valence-corrected chi connectivity index (χ3v) is 5.02. The number of amides is 1. The number of hydrogen-bond acceptors (Lipinski definition) is 5. The SMILES string of the molecule is O=C(NC1(c2ncn[nH]2)CCC1)c1ccc(OC2CCOCC2)cc1. The van der Waals surface area contributed by atoms with Gasteiger partial charge in [-0.25, -0.2) is 4.98 Å². The highest BCUT2D eigenvalue weighted by atomic mass is 16.5. The smallest absolute Gasteiger partial charge is 0.252 e. The highest BCUT2D eigenvalue weighted by Gasteiger charge is 2.42. The molecule has 2 fully saturated rings. The quantitative estimate of drug-likeness (QED) is 0.869. The first-order valence-electron chi connectivity index (χ1n) is 8.78. The van der Waals surface area contributed by atoms with Crippen molar-refractivity contribution in [1.82, 2.24) is 20.5 Å². The fraction of sp³-hybridized carbons (Fsp3) is 0.500. The van der Waals surface area contributed by atoms with Gasteiger partial charge in [0.25, 0.3) is 5.91 Å². The van der Waals surface area contributed by atoms with E-state index in [1.807, 2.05) is 12.1 Å². The molecule has 1 saturated heterocycles.